The first kappa shape index (κ1) is 14.2. The number of aromatic nitrogens is 2. The second kappa shape index (κ2) is 5.05. The normalized spacial score (nSPS) is 20.5. The molecule has 4 rings (SSSR count). The summed E-state index contributed by atoms with van der Waals surface area (Å²) in [6.07, 6.45) is 1.56. The predicted octanol–water partition coefficient (Wildman–Crippen LogP) is 4.46. The van der Waals surface area contributed by atoms with E-state index in [0.717, 1.165) is 11.3 Å². The third-order valence-electron chi connectivity index (χ3n) is 4.09. The summed E-state index contributed by atoms with van der Waals surface area (Å²) in [6, 6.07) is 8.95. The average Bonchev–Trinajstić information content (AvgIpc) is 2.98. The van der Waals surface area contributed by atoms with Gasteiger partial charge in [0.05, 0.1) is 22.0 Å². The maximum absolute atomic E-state index is 13.7. The van der Waals surface area contributed by atoms with E-state index < -0.39 is 6.10 Å². The summed E-state index contributed by atoms with van der Waals surface area (Å²) in [6.45, 7) is 0. The monoisotopic (exact) mass is 380 g/mol. The Morgan fingerprint density at radius 2 is 2.18 bits per heavy atom. The summed E-state index contributed by atoms with van der Waals surface area (Å²) in [5, 5.41) is 11.0. The fourth-order valence-electron chi connectivity index (χ4n) is 3.13. The molecule has 2 aromatic heterocycles. The van der Waals surface area contributed by atoms with Crippen LogP contribution in [0.1, 0.15) is 35.4 Å². The SMILES string of the molecule is OC1CC(c2cccc(Cl)c2)c2c1nc1cc(F)c(Br)cn21. The van der Waals surface area contributed by atoms with E-state index >= 15 is 0 Å². The number of nitrogens with zero attached hydrogens (tertiary/aromatic N) is 2. The van der Waals surface area contributed by atoms with Crippen molar-refractivity contribution in [1.82, 2.24) is 9.38 Å². The van der Waals surface area contributed by atoms with Crippen LogP contribution in [0.2, 0.25) is 5.02 Å². The summed E-state index contributed by atoms with van der Waals surface area (Å²) in [7, 11) is 0. The zero-order valence-electron chi connectivity index (χ0n) is 11.3. The smallest absolute Gasteiger partial charge is 0.142 e. The van der Waals surface area contributed by atoms with Crippen LogP contribution in [-0.2, 0) is 0 Å². The zero-order chi connectivity index (χ0) is 15.4. The second-order valence-electron chi connectivity index (χ2n) is 5.44. The standard InChI is InChI=1S/C16H11BrClFN2O/c17-11-7-21-14(6-12(11)19)20-15-13(22)5-10(16(15)21)8-2-1-3-9(18)4-8/h1-4,6-7,10,13,22H,5H2. The summed E-state index contributed by atoms with van der Waals surface area (Å²) in [4.78, 5) is 4.39. The first-order valence-corrected chi connectivity index (χ1v) is 8.02. The van der Waals surface area contributed by atoms with Crippen LogP contribution in [0, 0.1) is 5.82 Å². The molecule has 0 aliphatic heterocycles. The van der Waals surface area contributed by atoms with Crippen molar-refractivity contribution >= 4 is 33.2 Å². The first-order valence-electron chi connectivity index (χ1n) is 6.85. The molecule has 3 aromatic rings. The van der Waals surface area contributed by atoms with Crippen LogP contribution in [-0.4, -0.2) is 14.5 Å². The van der Waals surface area contributed by atoms with Crippen LogP contribution in [0.5, 0.6) is 0 Å². The van der Waals surface area contributed by atoms with Gasteiger partial charge >= 0.3 is 0 Å². The van der Waals surface area contributed by atoms with Gasteiger partial charge < -0.3 is 9.51 Å². The molecule has 3 nitrogen and oxygen atoms in total. The molecule has 0 radical (unpaired) electrons. The molecule has 0 amide bonds. The van der Waals surface area contributed by atoms with Crippen LogP contribution in [0.3, 0.4) is 0 Å². The molecule has 6 heteroatoms. The summed E-state index contributed by atoms with van der Waals surface area (Å²) >= 11 is 9.29. The largest absolute Gasteiger partial charge is 0.387 e. The highest BCUT2D eigenvalue weighted by Gasteiger charge is 2.35. The molecule has 22 heavy (non-hydrogen) atoms. The number of hydrogen-bond donors (Lipinski definition) is 1. The molecule has 1 aliphatic carbocycles. The van der Waals surface area contributed by atoms with Gasteiger partial charge in [0.25, 0.3) is 0 Å². The highest BCUT2D eigenvalue weighted by Crippen LogP contribution is 2.44. The molecule has 1 aliphatic rings. The quantitative estimate of drug-likeness (QED) is 0.676. The average molecular weight is 382 g/mol. The van der Waals surface area contributed by atoms with Gasteiger partial charge in [-0.2, -0.15) is 0 Å². The molecule has 2 atom stereocenters. The summed E-state index contributed by atoms with van der Waals surface area (Å²) in [5.41, 5.74) is 3.02. The predicted molar refractivity (Wildman–Crippen MR) is 85.7 cm³/mol. The van der Waals surface area contributed by atoms with Gasteiger partial charge in [-0.1, -0.05) is 23.7 Å². The van der Waals surface area contributed by atoms with E-state index in [1.165, 1.54) is 6.07 Å². The van der Waals surface area contributed by atoms with E-state index in [-0.39, 0.29) is 11.7 Å². The molecule has 0 bridgehead atoms. The Hall–Kier alpha value is -1.43. The Balaban J connectivity index is 1.96. The molecular formula is C16H11BrClFN2O. The van der Waals surface area contributed by atoms with Crippen molar-refractivity contribution in [2.45, 2.75) is 18.4 Å². The van der Waals surface area contributed by atoms with Gasteiger partial charge in [0.15, 0.2) is 0 Å². The fourth-order valence-corrected chi connectivity index (χ4v) is 3.65. The molecule has 2 unspecified atom stereocenters. The number of pyridine rings is 1. The Morgan fingerprint density at radius 1 is 1.36 bits per heavy atom. The van der Waals surface area contributed by atoms with E-state index in [4.69, 9.17) is 11.6 Å². The number of fused-ring (bicyclic) bond motifs is 3. The molecule has 112 valence electrons. The highest BCUT2D eigenvalue weighted by atomic mass is 79.9. The molecule has 0 saturated carbocycles. The van der Waals surface area contributed by atoms with Crippen molar-refractivity contribution in [3.63, 3.8) is 0 Å². The van der Waals surface area contributed by atoms with Crippen LogP contribution < -0.4 is 0 Å². The van der Waals surface area contributed by atoms with Crippen LogP contribution in [0.15, 0.2) is 41.0 Å². The molecule has 0 spiro atoms. The lowest BCUT2D eigenvalue weighted by Gasteiger charge is -2.13. The number of aliphatic hydroxyl groups is 1. The number of benzene rings is 1. The molecule has 1 aromatic carbocycles. The maximum atomic E-state index is 13.7. The van der Waals surface area contributed by atoms with Crippen molar-refractivity contribution in [3.8, 4) is 0 Å². The third-order valence-corrected chi connectivity index (χ3v) is 4.90. The number of aliphatic hydroxyl groups excluding tert-OH is 1. The van der Waals surface area contributed by atoms with E-state index in [9.17, 15) is 9.50 Å². The molecule has 0 saturated heterocycles. The Morgan fingerprint density at radius 3 is 2.95 bits per heavy atom. The van der Waals surface area contributed by atoms with Gasteiger partial charge in [-0.15, -0.1) is 0 Å². The minimum atomic E-state index is -0.652. The molecular weight excluding hydrogens is 371 g/mol. The van der Waals surface area contributed by atoms with E-state index in [2.05, 4.69) is 20.9 Å². The second-order valence-corrected chi connectivity index (χ2v) is 6.73. The van der Waals surface area contributed by atoms with Gasteiger partial charge in [-0.3, -0.25) is 0 Å². The first-order chi connectivity index (χ1) is 10.5. The highest BCUT2D eigenvalue weighted by molar-refractivity contribution is 9.10. The maximum Gasteiger partial charge on any atom is 0.142 e. The van der Waals surface area contributed by atoms with Crippen molar-refractivity contribution in [3.05, 3.63) is 68.8 Å². The Kier molecular flexibility index (Phi) is 3.25. The van der Waals surface area contributed by atoms with E-state index in [1.54, 1.807) is 6.20 Å². The lowest BCUT2D eigenvalue weighted by atomic mass is 9.96. The lowest BCUT2D eigenvalue weighted by Crippen LogP contribution is -2.02. The van der Waals surface area contributed by atoms with E-state index in [1.807, 2.05) is 28.7 Å². The fraction of sp³-hybridized carbons (Fsp3) is 0.188. The van der Waals surface area contributed by atoms with Gasteiger partial charge in [0.1, 0.15) is 11.5 Å². The number of hydrogen-bond acceptors (Lipinski definition) is 2. The van der Waals surface area contributed by atoms with E-state index in [0.29, 0.717) is 27.3 Å². The molecule has 0 fully saturated rings. The third kappa shape index (κ3) is 2.07. The summed E-state index contributed by atoms with van der Waals surface area (Å²) < 4.78 is 15.9. The minimum Gasteiger partial charge on any atom is -0.387 e. The lowest BCUT2D eigenvalue weighted by molar-refractivity contribution is 0.172. The Bertz CT molecular complexity index is 895. The van der Waals surface area contributed by atoms with Gasteiger partial charge in [0.2, 0.25) is 0 Å². The van der Waals surface area contributed by atoms with Gasteiger partial charge in [0, 0.05) is 23.2 Å². The van der Waals surface area contributed by atoms with Crippen LogP contribution in [0.25, 0.3) is 5.65 Å². The molecule has 2 heterocycles. The molecule has 1 N–H and O–H groups in total. The van der Waals surface area contributed by atoms with Crippen molar-refractivity contribution < 1.29 is 9.50 Å². The van der Waals surface area contributed by atoms with Gasteiger partial charge in [-0.05, 0) is 40.0 Å². The van der Waals surface area contributed by atoms with Crippen molar-refractivity contribution in [1.29, 1.82) is 0 Å². The summed E-state index contributed by atoms with van der Waals surface area (Å²) in [5.74, 6) is -0.388. The Labute approximate surface area is 139 Å². The van der Waals surface area contributed by atoms with Crippen LogP contribution in [0.4, 0.5) is 4.39 Å². The van der Waals surface area contributed by atoms with Crippen molar-refractivity contribution in [2.75, 3.05) is 0 Å². The number of halogens is 3. The zero-order valence-corrected chi connectivity index (χ0v) is 13.6. The number of rotatable bonds is 1. The minimum absolute atomic E-state index is 0.0175. The van der Waals surface area contributed by atoms with Gasteiger partial charge in [-0.25, -0.2) is 9.37 Å². The van der Waals surface area contributed by atoms with Crippen molar-refractivity contribution in [2.24, 2.45) is 0 Å². The number of imidazole rings is 1. The topological polar surface area (TPSA) is 37.5 Å². The van der Waals surface area contributed by atoms with Crippen LogP contribution >= 0.6 is 27.5 Å².